The van der Waals surface area contributed by atoms with Crippen molar-refractivity contribution in [2.24, 2.45) is 23.2 Å². The number of benzene rings is 4. The second kappa shape index (κ2) is 40.4. The molecule has 0 aliphatic heterocycles. The molecule has 2 saturated carbocycles. The number of nitrogens with zero attached hydrogens (tertiary/aromatic N) is 4. The summed E-state index contributed by atoms with van der Waals surface area (Å²) < 4.78 is 0. The van der Waals surface area contributed by atoms with Crippen molar-refractivity contribution < 1.29 is 80.4 Å². The first-order chi connectivity index (χ1) is 46.7. The van der Waals surface area contributed by atoms with Crippen LogP contribution in [0.3, 0.4) is 0 Å². The fourth-order valence-corrected chi connectivity index (χ4v) is 20.7. The van der Waals surface area contributed by atoms with Crippen LogP contribution in [0.15, 0.2) is 122 Å². The number of hydrogen-bond acceptors (Lipinski definition) is 4. The molecule has 2 fully saturated rings. The monoisotopic (exact) mass is 2190 g/mol. The molecule has 105 heavy (non-hydrogen) atoms. The van der Waals surface area contributed by atoms with Crippen molar-refractivity contribution in [3.63, 3.8) is 0 Å². The summed E-state index contributed by atoms with van der Waals surface area (Å²) in [6.45, 7) is 65.4. The van der Waals surface area contributed by atoms with Gasteiger partial charge in [-0.2, -0.15) is 0 Å². The number of rotatable bonds is 16. The SMILES string of the molecule is CC(C)(C)Cc1cc(-c2[c-]ccc(C(C)(C)C)c2)ncc1[Si](C)(C)C.CC(C)(C)c1cc[c-]c(-c2cc(CC3CCCCC3)c([Si](C)(C)C)cn2)c1.CC(C)Cc1cc(-c2[c-]ccc(C(C)(C)C)c2)ncc1[Si](C)(C)C.CC(C)c1cc[c-]c(-c2cc(CC3CCCC3)c([Si](C)(C)C)cn2)c1.[Ir].[Ir].[Ir].[Ir]. The van der Waals surface area contributed by atoms with Gasteiger partial charge in [-0.25, -0.2) is 0 Å². The van der Waals surface area contributed by atoms with E-state index in [9.17, 15) is 0 Å². The summed E-state index contributed by atoms with van der Waals surface area (Å²) in [5.41, 5.74) is 20.9. The Morgan fingerprint density at radius 1 is 0.362 bits per heavy atom. The Balaban J connectivity index is 0.000000359. The van der Waals surface area contributed by atoms with E-state index >= 15 is 0 Å². The van der Waals surface area contributed by atoms with Gasteiger partial charge in [-0.05, 0) is 115 Å². The van der Waals surface area contributed by atoms with Gasteiger partial charge in [0.1, 0.15) is 0 Å². The molecule has 4 aromatic heterocycles. The zero-order chi connectivity index (χ0) is 74.8. The van der Waals surface area contributed by atoms with Crippen LogP contribution < -0.4 is 20.7 Å². The Hall–Kier alpha value is -3.06. The summed E-state index contributed by atoms with van der Waals surface area (Å²) in [4.78, 5) is 19.4. The van der Waals surface area contributed by atoms with Gasteiger partial charge >= 0.3 is 0 Å². The van der Waals surface area contributed by atoms with Crippen molar-refractivity contribution in [2.75, 3.05) is 0 Å². The Kier molecular flexibility index (Phi) is 37.0. The summed E-state index contributed by atoms with van der Waals surface area (Å²) in [5, 5.41) is 6.07. The molecule has 0 saturated heterocycles. The molecule has 0 N–H and O–H groups in total. The molecule has 8 aromatic rings. The molecule has 0 spiro atoms. The normalized spacial score (nSPS) is 14.1. The molecule has 10 rings (SSSR count). The van der Waals surface area contributed by atoms with Gasteiger partial charge in [0.15, 0.2) is 0 Å². The van der Waals surface area contributed by atoms with E-state index in [0.29, 0.717) is 11.8 Å². The molecular formula is C93H134Ir4N4Si4-4. The van der Waals surface area contributed by atoms with E-state index in [0.717, 1.165) is 69.7 Å². The Bertz CT molecular complexity index is 4000. The van der Waals surface area contributed by atoms with Crippen LogP contribution in [0.25, 0.3) is 45.0 Å². The molecule has 4 radical (unpaired) electrons. The van der Waals surface area contributed by atoms with E-state index in [-0.39, 0.29) is 102 Å². The van der Waals surface area contributed by atoms with Gasteiger partial charge in [0.05, 0.1) is 32.3 Å². The minimum atomic E-state index is -1.42. The number of pyridine rings is 4. The third kappa shape index (κ3) is 29.5. The maximum atomic E-state index is 4.90. The summed E-state index contributed by atoms with van der Waals surface area (Å²) in [6, 6.07) is 48.9. The maximum Gasteiger partial charge on any atom is 0.0798 e. The van der Waals surface area contributed by atoms with Crippen LogP contribution in [0, 0.1) is 47.4 Å². The van der Waals surface area contributed by atoms with Crippen molar-refractivity contribution in [3.8, 4) is 45.0 Å². The fourth-order valence-electron chi connectivity index (χ4n) is 14.4. The van der Waals surface area contributed by atoms with Crippen LogP contribution in [0.5, 0.6) is 0 Å². The molecule has 0 unspecified atom stereocenters. The van der Waals surface area contributed by atoms with Crippen molar-refractivity contribution in [1.29, 1.82) is 0 Å². The Morgan fingerprint density at radius 3 is 0.933 bits per heavy atom. The van der Waals surface area contributed by atoms with E-state index < -0.39 is 32.3 Å². The Morgan fingerprint density at radius 2 is 0.638 bits per heavy atom. The zero-order valence-electron chi connectivity index (χ0n) is 70.2. The van der Waals surface area contributed by atoms with E-state index in [1.165, 1.54) is 114 Å². The van der Waals surface area contributed by atoms with E-state index in [4.69, 9.17) is 19.9 Å². The minimum Gasteiger partial charge on any atom is -0.305 e. The van der Waals surface area contributed by atoms with Crippen LogP contribution in [0.2, 0.25) is 78.6 Å². The average Bonchev–Trinajstić information content (AvgIpc) is 0.914. The van der Waals surface area contributed by atoms with Crippen LogP contribution in [-0.2, 0) is 122 Å². The molecule has 4 nitrogen and oxygen atoms in total. The summed E-state index contributed by atoms with van der Waals surface area (Å²) in [6.07, 6.45) is 26.0. The van der Waals surface area contributed by atoms with Crippen molar-refractivity contribution in [1.82, 2.24) is 19.9 Å². The summed E-state index contributed by atoms with van der Waals surface area (Å²) in [7, 11) is -5.57. The standard InChI is InChI=1S/C25H36NSi.C23H32NSi.C23H34NSi.C22H32NSi.4Ir/c1-25(2,3)22-14-10-13-20(16-22)23-17-21(15-19-11-8-7-9-12-19)24(18-26-23)27(4,5)6;1-17(2)19-11-8-12-20(14-19)22-15-21(13-18-9-6-7-10-18)23(16-24-22)25(3,4)5;1-22(2,3)15-18-14-20(24-16-21(18)25(7,8)9)17-11-10-12-19(13-17)23(4,5)6;1-16(2)12-18-14-20(23-15-21(18)24(6,7)8)17-10-9-11-19(13-17)22(3,4)5;;;;/h10,14,16-19H,7-9,11-12,15H2,1-6H3;8,11,14-18H,6-7,9-10,13H2,1-5H3;10,12-14,16H,15H2,1-9H3;9,11,13-16H,12H2,1-8H3;;;;/q4*-1;;;;. The molecule has 0 bridgehead atoms. The fraction of sp³-hybridized carbons (Fsp3) is 0.527. The molecule has 12 heteroatoms. The van der Waals surface area contributed by atoms with Gasteiger partial charge in [0.25, 0.3) is 0 Å². The van der Waals surface area contributed by atoms with Gasteiger partial charge in [-0.15, -0.1) is 142 Å². The van der Waals surface area contributed by atoms with Crippen LogP contribution in [0.4, 0.5) is 0 Å². The van der Waals surface area contributed by atoms with Gasteiger partial charge in [-0.1, -0.05) is 294 Å². The summed E-state index contributed by atoms with van der Waals surface area (Å²) >= 11 is 0. The molecule has 4 heterocycles. The second-order valence-electron chi connectivity index (χ2n) is 39.2. The molecule has 4 aromatic carbocycles. The third-order valence-electron chi connectivity index (χ3n) is 20.4. The first-order valence-corrected chi connectivity index (χ1v) is 52.8. The average molecular weight is 2190 g/mol. The van der Waals surface area contributed by atoms with Gasteiger partial charge in [0.2, 0.25) is 0 Å². The van der Waals surface area contributed by atoms with Crippen molar-refractivity contribution in [2.45, 2.75) is 295 Å². The van der Waals surface area contributed by atoms with Crippen molar-refractivity contribution >= 4 is 53.0 Å². The van der Waals surface area contributed by atoms with Crippen LogP contribution >= 0.6 is 0 Å². The topological polar surface area (TPSA) is 51.6 Å². The van der Waals surface area contributed by atoms with Crippen LogP contribution in [-0.4, -0.2) is 52.2 Å². The van der Waals surface area contributed by atoms with E-state index in [1.54, 1.807) is 21.5 Å². The van der Waals surface area contributed by atoms with Gasteiger partial charge < -0.3 is 19.9 Å². The number of hydrogen-bond donors (Lipinski definition) is 0. The van der Waals surface area contributed by atoms with E-state index in [1.807, 2.05) is 12.1 Å². The number of aromatic nitrogens is 4. The predicted molar refractivity (Wildman–Crippen MR) is 454 cm³/mol. The largest absolute Gasteiger partial charge is 0.305 e. The van der Waals surface area contributed by atoms with E-state index in [2.05, 4.69) is 323 Å². The van der Waals surface area contributed by atoms with Gasteiger partial charge in [-0.3, -0.25) is 0 Å². The van der Waals surface area contributed by atoms with Gasteiger partial charge in [0, 0.05) is 105 Å². The minimum absolute atomic E-state index is 0. The molecule has 2 aliphatic carbocycles. The first kappa shape index (κ1) is 96.1. The molecular weight excluding hydrogens is 2050 g/mol. The van der Waals surface area contributed by atoms with Crippen LogP contribution in [0.1, 0.15) is 219 Å². The smallest absolute Gasteiger partial charge is 0.0798 e. The first-order valence-electron chi connectivity index (χ1n) is 38.8. The molecule has 0 atom stereocenters. The molecule has 582 valence electrons. The maximum absolute atomic E-state index is 4.90. The predicted octanol–water partition coefficient (Wildman–Crippen LogP) is 24.0. The molecule has 2 aliphatic rings. The molecule has 0 amide bonds. The second-order valence-corrected chi connectivity index (χ2v) is 59.4. The van der Waals surface area contributed by atoms with Crippen molar-refractivity contribution in [3.05, 3.63) is 191 Å². The zero-order valence-corrected chi connectivity index (χ0v) is 83.8. The quantitative estimate of drug-likeness (QED) is 0.0715. The Labute approximate surface area is 700 Å². The third-order valence-corrected chi connectivity index (χ3v) is 28.6. The summed E-state index contributed by atoms with van der Waals surface area (Å²) in [5.74, 6) is 2.91.